The molecule has 1 aromatic heterocycles. The van der Waals surface area contributed by atoms with Crippen LogP contribution >= 0.6 is 0 Å². The number of nitrogens with one attached hydrogen (secondary N) is 1. The van der Waals surface area contributed by atoms with Crippen LogP contribution in [0.2, 0.25) is 0 Å². The van der Waals surface area contributed by atoms with Crippen molar-refractivity contribution in [2.45, 2.75) is 51.7 Å². The minimum absolute atomic E-state index is 0.440. The first kappa shape index (κ1) is 13.3. The largest absolute Gasteiger partial charge is 0.317 e. The summed E-state index contributed by atoms with van der Waals surface area (Å²) in [6, 6.07) is 9.27. The number of aryl methyl sites for hydroxylation is 2. The number of hydrogen-bond donors (Lipinski definition) is 1. The molecule has 0 saturated heterocycles. The van der Waals surface area contributed by atoms with Gasteiger partial charge in [-0.2, -0.15) is 0 Å². The van der Waals surface area contributed by atoms with Gasteiger partial charge in [0.25, 0.3) is 0 Å². The summed E-state index contributed by atoms with van der Waals surface area (Å²) in [4.78, 5) is 0. The van der Waals surface area contributed by atoms with Crippen LogP contribution < -0.4 is 5.32 Å². The molecule has 0 amide bonds. The van der Waals surface area contributed by atoms with Gasteiger partial charge in [-0.3, -0.25) is 0 Å². The SMILES string of the molecule is CCn1cnnc1CNC1CCCCc2ccccc21. The number of hydrogen-bond acceptors (Lipinski definition) is 3. The molecule has 0 saturated carbocycles. The van der Waals surface area contributed by atoms with Crippen molar-refractivity contribution in [1.29, 1.82) is 0 Å². The number of fused-ring (bicyclic) bond motifs is 1. The molecular formula is C16H22N4. The summed E-state index contributed by atoms with van der Waals surface area (Å²) in [5.41, 5.74) is 2.96. The summed E-state index contributed by atoms with van der Waals surface area (Å²) >= 11 is 0. The van der Waals surface area contributed by atoms with E-state index in [1.165, 1.54) is 36.8 Å². The van der Waals surface area contributed by atoms with Gasteiger partial charge in [-0.1, -0.05) is 30.7 Å². The molecule has 1 atom stereocenters. The fourth-order valence-corrected chi connectivity index (χ4v) is 3.03. The molecule has 106 valence electrons. The zero-order valence-electron chi connectivity index (χ0n) is 12.0. The molecule has 4 heteroatoms. The van der Waals surface area contributed by atoms with E-state index in [1.54, 1.807) is 6.33 Å². The number of benzene rings is 1. The van der Waals surface area contributed by atoms with Crippen LogP contribution in [0.3, 0.4) is 0 Å². The van der Waals surface area contributed by atoms with E-state index in [0.717, 1.165) is 18.9 Å². The molecule has 4 nitrogen and oxygen atoms in total. The van der Waals surface area contributed by atoms with E-state index >= 15 is 0 Å². The molecule has 3 rings (SSSR count). The van der Waals surface area contributed by atoms with Gasteiger partial charge < -0.3 is 9.88 Å². The maximum absolute atomic E-state index is 4.20. The van der Waals surface area contributed by atoms with Gasteiger partial charge in [0.2, 0.25) is 0 Å². The van der Waals surface area contributed by atoms with Crippen LogP contribution in [-0.2, 0) is 19.5 Å². The number of nitrogens with zero attached hydrogens (tertiary/aromatic N) is 3. The Bertz CT molecular complexity index is 561. The van der Waals surface area contributed by atoms with E-state index in [4.69, 9.17) is 0 Å². The standard InChI is InChI=1S/C16H22N4/c1-2-20-12-18-19-16(20)11-17-15-10-6-4-8-13-7-3-5-9-14(13)15/h3,5,7,9,12,15,17H,2,4,6,8,10-11H2,1H3. The first-order chi connectivity index (χ1) is 9.88. The van der Waals surface area contributed by atoms with Crippen LogP contribution in [0.5, 0.6) is 0 Å². The lowest BCUT2D eigenvalue weighted by atomic mass is 9.99. The molecule has 1 aliphatic rings. The van der Waals surface area contributed by atoms with Crippen molar-refractivity contribution in [2.24, 2.45) is 0 Å². The van der Waals surface area contributed by atoms with Crippen LogP contribution in [0.4, 0.5) is 0 Å². The molecule has 0 aliphatic heterocycles. The topological polar surface area (TPSA) is 42.7 Å². The fraction of sp³-hybridized carbons (Fsp3) is 0.500. The number of aromatic nitrogens is 3. The Balaban J connectivity index is 1.74. The minimum atomic E-state index is 0.440. The van der Waals surface area contributed by atoms with Gasteiger partial charge in [-0.15, -0.1) is 10.2 Å². The van der Waals surface area contributed by atoms with E-state index in [0.29, 0.717) is 6.04 Å². The summed E-state index contributed by atoms with van der Waals surface area (Å²) in [6.07, 6.45) is 6.79. The summed E-state index contributed by atoms with van der Waals surface area (Å²) in [5, 5.41) is 11.9. The van der Waals surface area contributed by atoms with Crippen molar-refractivity contribution in [3.05, 3.63) is 47.5 Å². The molecule has 0 bridgehead atoms. The van der Waals surface area contributed by atoms with Crippen molar-refractivity contribution in [3.63, 3.8) is 0 Å². The highest BCUT2D eigenvalue weighted by Crippen LogP contribution is 2.28. The van der Waals surface area contributed by atoms with Crippen LogP contribution in [0.15, 0.2) is 30.6 Å². The van der Waals surface area contributed by atoms with Gasteiger partial charge in [0.05, 0.1) is 6.54 Å². The average Bonchev–Trinajstić information content (AvgIpc) is 2.85. The van der Waals surface area contributed by atoms with E-state index in [-0.39, 0.29) is 0 Å². The van der Waals surface area contributed by atoms with Crippen LogP contribution in [0.1, 0.15) is 49.2 Å². The molecule has 0 radical (unpaired) electrons. The third-order valence-corrected chi connectivity index (χ3v) is 4.16. The van der Waals surface area contributed by atoms with Crippen molar-refractivity contribution >= 4 is 0 Å². The second-order valence-corrected chi connectivity index (χ2v) is 5.41. The second-order valence-electron chi connectivity index (χ2n) is 5.41. The third-order valence-electron chi connectivity index (χ3n) is 4.16. The molecule has 1 heterocycles. The second kappa shape index (κ2) is 6.18. The Labute approximate surface area is 120 Å². The van der Waals surface area contributed by atoms with Gasteiger partial charge in [0, 0.05) is 12.6 Å². The number of rotatable bonds is 4. The van der Waals surface area contributed by atoms with Gasteiger partial charge in [0.1, 0.15) is 12.2 Å². The summed E-state index contributed by atoms with van der Waals surface area (Å²) in [6.45, 7) is 3.83. The Morgan fingerprint density at radius 2 is 2.20 bits per heavy atom. The van der Waals surface area contributed by atoms with Crippen molar-refractivity contribution < 1.29 is 0 Å². The van der Waals surface area contributed by atoms with Crippen molar-refractivity contribution in [1.82, 2.24) is 20.1 Å². The van der Waals surface area contributed by atoms with Crippen LogP contribution in [-0.4, -0.2) is 14.8 Å². The predicted octanol–water partition coefficient (Wildman–Crippen LogP) is 2.86. The average molecular weight is 270 g/mol. The van der Waals surface area contributed by atoms with Crippen LogP contribution in [0, 0.1) is 0 Å². The Hall–Kier alpha value is -1.68. The van der Waals surface area contributed by atoms with Gasteiger partial charge in [-0.25, -0.2) is 0 Å². The maximum Gasteiger partial charge on any atom is 0.146 e. The lowest BCUT2D eigenvalue weighted by molar-refractivity contribution is 0.473. The maximum atomic E-state index is 4.20. The minimum Gasteiger partial charge on any atom is -0.317 e. The first-order valence-electron chi connectivity index (χ1n) is 7.56. The Morgan fingerprint density at radius 1 is 1.30 bits per heavy atom. The van der Waals surface area contributed by atoms with Gasteiger partial charge >= 0.3 is 0 Å². The molecule has 20 heavy (non-hydrogen) atoms. The molecule has 0 spiro atoms. The van der Waals surface area contributed by atoms with Gasteiger partial charge in [-0.05, 0) is 37.3 Å². The molecule has 1 aliphatic carbocycles. The van der Waals surface area contributed by atoms with Gasteiger partial charge in [0.15, 0.2) is 0 Å². The smallest absolute Gasteiger partial charge is 0.146 e. The first-order valence-corrected chi connectivity index (χ1v) is 7.56. The lowest BCUT2D eigenvalue weighted by Gasteiger charge is -2.19. The quantitative estimate of drug-likeness (QED) is 0.869. The van der Waals surface area contributed by atoms with E-state index in [1.807, 2.05) is 0 Å². The van der Waals surface area contributed by atoms with Crippen molar-refractivity contribution in [2.75, 3.05) is 0 Å². The van der Waals surface area contributed by atoms with Crippen molar-refractivity contribution in [3.8, 4) is 0 Å². The Morgan fingerprint density at radius 3 is 3.10 bits per heavy atom. The van der Waals surface area contributed by atoms with E-state index in [9.17, 15) is 0 Å². The normalized spacial score (nSPS) is 18.6. The highest BCUT2D eigenvalue weighted by atomic mass is 15.3. The molecule has 1 unspecified atom stereocenters. The lowest BCUT2D eigenvalue weighted by Crippen LogP contribution is -2.23. The third kappa shape index (κ3) is 2.75. The fourth-order valence-electron chi connectivity index (χ4n) is 3.03. The summed E-state index contributed by atoms with van der Waals surface area (Å²) < 4.78 is 2.09. The zero-order chi connectivity index (χ0) is 13.8. The monoisotopic (exact) mass is 270 g/mol. The summed E-state index contributed by atoms with van der Waals surface area (Å²) in [7, 11) is 0. The molecule has 1 aromatic carbocycles. The zero-order valence-corrected chi connectivity index (χ0v) is 12.0. The molecule has 1 N–H and O–H groups in total. The highest BCUT2D eigenvalue weighted by molar-refractivity contribution is 5.31. The molecular weight excluding hydrogens is 248 g/mol. The van der Waals surface area contributed by atoms with E-state index in [2.05, 4.69) is 51.3 Å². The Kier molecular flexibility index (Phi) is 4.11. The molecule has 2 aromatic rings. The molecule has 0 fully saturated rings. The van der Waals surface area contributed by atoms with Crippen LogP contribution in [0.25, 0.3) is 0 Å². The van der Waals surface area contributed by atoms with E-state index < -0.39 is 0 Å². The summed E-state index contributed by atoms with van der Waals surface area (Å²) in [5.74, 6) is 1.02. The highest BCUT2D eigenvalue weighted by Gasteiger charge is 2.18. The predicted molar refractivity (Wildman–Crippen MR) is 79.3 cm³/mol.